The lowest BCUT2D eigenvalue weighted by Crippen LogP contribution is -2.50. The van der Waals surface area contributed by atoms with Crippen LogP contribution < -0.4 is 10.1 Å². The van der Waals surface area contributed by atoms with Crippen molar-refractivity contribution in [1.82, 2.24) is 19.6 Å². The van der Waals surface area contributed by atoms with Crippen molar-refractivity contribution < 1.29 is 13.2 Å². The third-order valence-electron chi connectivity index (χ3n) is 5.39. The number of sulfone groups is 1. The summed E-state index contributed by atoms with van der Waals surface area (Å²) in [6.07, 6.45) is 0.763. The molecule has 2 saturated heterocycles. The third-order valence-corrected chi connectivity index (χ3v) is 8.37. The van der Waals surface area contributed by atoms with Crippen molar-refractivity contribution in [3.8, 4) is 5.75 Å². The van der Waals surface area contributed by atoms with E-state index in [1.54, 1.807) is 7.11 Å². The maximum absolute atomic E-state index is 11.7. The Morgan fingerprint density at radius 2 is 2.10 bits per heavy atom. The smallest absolute Gasteiger partial charge is 0.209 e. The van der Waals surface area contributed by atoms with E-state index in [-0.39, 0.29) is 6.04 Å². The molecule has 4 rings (SSSR count). The fourth-order valence-corrected chi connectivity index (χ4v) is 6.57. The normalized spacial score (nSPS) is 22.6. The number of methoxy groups -OCH3 is 1. The minimum Gasteiger partial charge on any atom is -0.497 e. The molecule has 0 amide bonds. The number of hydrogen-bond acceptors (Lipinski definition) is 9. The van der Waals surface area contributed by atoms with E-state index in [1.165, 1.54) is 11.3 Å². The van der Waals surface area contributed by atoms with Gasteiger partial charge in [0.1, 0.15) is 5.75 Å². The van der Waals surface area contributed by atoms with E-state index in [0.29, 0.717) is 18.2 Å². The van der Waals surface area contributed by atoms with Crippen LogP contribution in [0.1, 0.15) is 6.42 Å². The summed E-state index contributed by atoms with van der Waals surface area (Å²) in [7, 11) is -1.19. The van der Waals surface area contributed by atoms with Crippen molar-refractivity contribution in [2.75, 3.05) is 50.1 Å². The number of nitrogens with one attached hydrogen (secondary N) is 1. The first-order valence-corrected chi connectivity index (χ1v) is 12.6. The molecule has 0 spiro atoms. The number of rotatable bonds is 6. The summed E-state index contributed by atoms with van der Waals surface area (Å²) in [6.45, 7) is 4.17. The summed E-state index contributed by atoms with van der Waals surface area (Å²) < 4.78 is 31.3. The summed E-state index contributed by atoms with van der Waals surface area (Å²) in [5.41, 5.74) is 0.903. The van der Waals surface area contributed by atoms with E-state index in [0.717, 1.165) is 53.1 Å². The highest BCUT2D eigenvalue weighted by molar-refractivity contribution is 7.91. The highest BCUT2D eigenvalue weighted by atomic mass is 32.2. The van der Waals surface area contributed by atoms with Crippen molar-refractivity contribution in [3.05, 3.63) is 28.2 Å². The first-order chi connectivity index (χ1) is 13.9. The molecule has 158 valence electrons. The molecule has 1 atom stereocenters. The maximum Gasteiger partial charge on any atom is 0.209 e. The van der Waals surface area contributed by atoms with E-state index >= 15 is 0 Å². The van der Waals surface area contributed by atoms with Crippen molar-refractivity contribution >= 4 is 44.2 Å². The van der Waals surface area contributed by atoms with Gasteiger partial charge in [0.15, 0.2) is 13.8 Å². The van der Waals surface area contributed by atoms with Crippen LogP contribution in [0, 0.1) is 3.95 Å². The molecular weight excluding hydrogens is 430 g/mol. The highest BCUT2D eigenvalue weighted by Crippen LogP contribution is 2.24. The second-order valence-electron chi connectivity index (χ2n) is 7.38. The zero-order chi connectivity index (χ0) is 20.4. The Balaban J connectivity index is 1.33. The number of nitrogens with zero attached hydrogens (tertiary/aromatic N) is 4. The number of benzene rings is 1. The summed E-state index contributed by atoms with van der Waals surface area (Å²) in [5, 5.41) is 8.65. The summed E-state index contributed by atoms with van der Waals surface area (Å²) in [6, 6.07) is 7.87. The van der Waals surface area contributed by atoms with E-state index in [4.69, 9.17) is 17.0 Å². The lowest BCUT2D eigenvalue weighted by molar-refractivity contribution is 0.0812. The standard InChI is InChI=1S/C18H25N5O3S3/c1-26-16-4-2-3-14(11-16)19-17-20-23(18(27)28-17)13-21-6-8-22(9-7-21)15-5-10-29(24,25)12-15/h2-4,11,15H,5-10,12-13H2,1H3,(H,19,20)/t15-/m0/s1. The predicted octanol–water partition coefficient (Wildman–Crippen LogP) is 2.19. The number of aromatic nitrogens is 2. The van der Waals surface area contributed by atoms with Crippen LogP contribution in [-0.4, -0.2) is 78.8 Å². The van der Waals surface area contributed by atoms with Crippen molar-refractivity contribution in [2.24, 2.45) is 0 Å². The average molecular weight is 456 g/mol. The van der Waals surface area contributed by atoms with Crippen LogP contribution in [0.4, 0.5) is 10.8 Å². The van der Waals surface area contributed by atoms with Crippen molar-refractivity contribution in [2.45, 2.75) is 19.1 Å². The molecule has 11 heteroatoms. The van der Waals surface area contributed by atoms with E-state index in [1.807, 2.05) is 28.9 Å². The molecule has 2 aliphatic heterocycles. The topological polar surface area (TPSA) is 79.7 Å². The molecule has 1 aromatic carbocycles. The number of anilines is 2. The van der Waals surface area contributed by atoms with Crippen molar-refractivity contribution in [1.29, 1.82) is 0 Å². The van der Waals surface area contributed by atoms with Gasteiger partial charge in [-0.15, -0.1) is 5.10 Å². The number of ether oxygens (including phenoxy) is 1. The van der Waals surface area contributed by atoms with Crippen LogP contribution in [0.2, 0.25) is 0 Å². The monoisotopic (exact) mass is 455 g/mol. The summed E-state index contributed by atoms with van der Waals surface area (Å²) in [5.74, 6) is 1.42. The van der Waals surface area contributed by atoms with E-state index in [2.05, 4.69) is 20.2 Å². The lowest BCUT2D eigenvalue weighted by Gasteiger charge is -2.37. The molecule has 0 radical (unpaired) electrons. The Bertz CT molecular complexity index is 1010. The second kappa shape index (κ2) is 8.68. The Hall–Kier alpha value is -1.53. The van der Waals surface area contributed by atoms with Gasteiger partial charge < -0.3 is 10.1 Å². The first kappa shape index (κ1) is 20.7. The van der Waals surface area contributed by atoms with Gasteiger partial charge in [-0.1, -0.05) is 17.4 Å². The van der Waals surface area contributed by atoms with Crippen LogP contribution in [0.5, 0.6) is 5.75 Å². The van der Waals surface area contributed by atoms with Gasteiger partial charge in [0.05, 0.1) is 25.3 Å². The van der Waals surface area contributed by atoms with Crippen LogP contribution in [-0.2, 0) is 16.5 Å². The third kappa shape index (κ3) is 5.15. The van der Waals surface area contributed by atoms with Crippen LogP contribution in [0.3, 0.4) is 0 Å². The summed E-state index contributed by atoms with van der Waals surface area (Å²) >= 11 is 6.94. The summed E-state index contributed by atoms with van der Waals surface area (Å²) in [4.78, 5) is 4.63. The van der Waals surface area contributed by atoms with Crippen LogP contribution >= 0.6 is 23.6 Å². The number of piperazine rings is 1. The maximum atomic E-state index is 11.7. The largest absolute Gasteiger partial charge is 0.497 e. The van der Waals surface area contributed by atoms with Gasteiger partial charge in [-0.25, -0.2) is 13.1 Å². The minimum absolute atomic E-state index is 0.183. The van der Waals surface area contributed by atoms with Gasteiger partial charge in [0.25, 0.3) is 0 Å². The minimum atomic E-state index is -2.84. The first-order valence-electron chi connectivity index (χ1n) is 9.58. The van der Waals surface area contributed by atoms with Gasteiger partial charge in [0.2, 0.25) is 5.13 Å². The molecule has 2 aromatic rings. The quantitative estimate of drug-likeness (QED) is 0.664. The molecule has 1 aromatic heterocycles. The fourth-order valence-electron chi connectivity index (χ4n) is 3.79. The van der Waals surface area contributed by atoms with Gasteiger partial charge in [-0.3, -0.25) is 9.80 Å². The average Bonchev–Trinajstić information content (AvgIpc) is 3.24. The Kier molecular flexibility index (Phi) is 6.21. The molecule has 3 heterocycles. The molecule has 1 N–H and O–H groups in total. The van der Waals surface area contributed by atoms with Gasteiger partial charge in [-0.2, -0.15) is 0 Å². The van der Waals surface area contributed by atoms with E-state index < -0.39 is 9.84 Å². The molecule has 0 saturated carbocycles. The molecule has 0 bridgehead atoms. The molecule has 8 nitrogen and oxygen atoms in total. The van der Waals surface area contributed by atoms with Crippen LogP contribution in [0.25, 0.3) is 0 Å². The molecule has 2 fully saturated rings. The molecule has 2 aliphatic rings. The predicted molar refractivity (Wildman–Crippen MR) is 117 cm³/mol. The molecule has 29 heavy (non-hydrogen) atoms. The molecular formula is C18H25N5O3S3. The second-order valence-corrected chi connectivity index (χ2v) is 11.2. The van der Waals surface area contributed by atoms with Crippen LogP contribution in [0.15, 0.2) is 24.3 Å². The van der Waals surface area contributed by atoms with Gasteiger partial charge >= 0.3 is 0 Å². The molecule has 0 unspecified atom stereocenters. The van der Waals surface area contributed by atoms with Crippen molar-refractivity contribution in [3.63, 3.8) is 0 Å². The SMILES string of the molecule is COc1cccc(Nc2nn(CN3CCN([C@H]4CCS(=O)(=O)C4)CC3)c(=S)s2)c1. The Morgan fingerprint density at radius 3 is 2.79 bits per heavy atom. The van der Waals surface area contributed by atoms with Gasteiger partial charge in [-0.05, 0) is 30.8 Å². The Labute approximate surface area is 180 Å². The number of hydrogen-bond donors (Lipinski definition) is 1. The Morgan fingerprint density at radius 1 is 1.31 bits per heavy atom. The fraction of sp³-hybridized carbons (Fsp3) is 0.556. The lowest BCUT2D eigenvalue weighted by atomic mass is 10.2. The molecule has 0 aliphatic carbocycles. The zero-order valence-electron chi connectivity index (χ0n) is 16.3. The van der Waals surface area contributed by atoms with E-state index in [9.17, 15) is 8.42 Å². The highest BCUT2D eigenvalue weighted by Gasteiger charge is 2.33. The zero-order valence-corrected chi connectivity index (χ0v) is 18.7. The van der Waals surface area contributed by atoms with Gasteiger partial charge in [0, 0.05) is 44.0 Å².